The predicted octanol–water partition coefficient (Wildman–Crippen LogP) is 3.14. The van der Waals surface area contributed by atoms with E-state index in [9.17, 15) is 0 Å². The molecule has 19 heavy (non-hydrogen) atoms. The molecule has 2 aliphatic rings. The number of ether oxygens (including phenoxy) is 2. The normalized spacial score (nSPS) is 38.5. The number of hydrogen-bond donors (Lipinski definition) is 1. The molecule has 1 heterocycles. The third-order valence-electron chi connectivity index (χ3n) is 3.76. The van der Waals surface area contributed by atoms with Crippen LogP contribution >= 0.6 is 0 Å². The van der Waals surface area contributed by atoms with E-state index in [-0.39, 0.29) is 5.79 Å². The minimum atomic E-state index is -0.833. The Balaban J connectivity index is 0.000000399. The van der Waals surface area contributed by atoms with Gasteiger partial charge in [0.2, 0.25) is 0 Å². The van der Waals surface area contributed by atoms with Crippen molar-refractivity contribution in [1.29, 1.82) is 0 Å². The summed E-state index contributed by atoms with van der Waals surface area (Å²) in [5, 5.41) is 7.42. The molecule has 0 aromatic heterocycles. The third kappa shape index (κ3) is 5.31. The van der Waals surface area contributed by atoms with Gasteiger partial charge in [-0.2, -0.15) is 0 Å². The number of rotatable bonds is 1. The molecule has 0 radical (unpaired) electrons. The van der Waals surface area contributed by atoms with Crippen molar-refractivity contribution >= 4 is 5.97 Å². The van der Waals surface area contributed by atoms with Gasteiger partial charge in [-0.05, 0) is 0 Å². The third-order valence-corrected chi connectivity index (χ3v) is 6.47. The molecule has 1 N–H and O–H groups in total. The molecule has 1 saturated heterocycles. The molecule has 5 heteroatoms. The first-order valence-corrected chi connectivity index (χ1v) is 11.1. The Kier molecular flexibility index (Phi) is 7.26. The Hall–Kier alpha value is 0.325. The summed E-state index contributed by atoms with van der Waals surface area (Å²) in [6, 6.07) is 0. The summed E-state index contributed by atoms with van der Waals surface area (Å²) in [5.41, 5.74) is 0. The van der Waals surface area contributed by atoms with Crippen LogP contribution in [0.15, 0.2) is 0 Å². The van der Waals surface area contributed by atoms with E-state index in [1.807, 2.05) is 0 Å². The van der Waals surface area contributed by atoms with Gasteiger partial charge in [-0.25, -0.2) is 0 Å². The zero-order chi connectivity index (χ0) is 14.5. The second kappa shape index (κ2) is 7.94. The van der Waals surface area contributed by atoms with Crippen LogP contribution < -0.4 is 0 Å². The molecule has 1 aliphatic carbocycles. The molecule has 2 rings (SSSR count). The summed E-state index contributed by atoms with van der Waals surface area (Å²) in [7, 11) is 0. The van der Waals surface area contributed by atoms with E-state index in [0.717, 1.165) is 45.9 Å². The van der Waals surface area contributed by atoms with E-state index in [0.29, 0.717) is 18.1 Å². The van der Waals surface area contributed by atoms with Gasteiger partial charge < -0.3 is 5.11 Å². The molecular weight excluding hydrogens is 433 g/mol. The average molecular weight is 458 g/mol. The van der Waals surface area contributed by atoms with E-state index in [1.165, 1.54) is 23.2 Å². The van der Waals surface area contributed by atoms with Crippen LogP contribution in [0.5, 0.6) is 0 Å². The van der Waals surface area contributed by atoms with Gasteiger partial charge in [0.1, 0.15) is 0 Å². The van der Waals surface area contributed by atoms with Crippen LogP contribution in [0.2, 0.25) is 3.93 Å². The molecule has 0 aromatic rings. The Labute approximate surface area is 132 Å². The van der Waals surface area contributed by atoms with E-state index >= 15 is 0 Å². The van der Waals surface area contributed by atoms with Crippen LogP contribution in [0.1, 0.15) is 52.9 Å². The van der Waals surface area contributed by atoms with Crippen molar-refractivity contribution in [1.82, 2.24) is 0 Å². The van der Waals surface area contributed by atoms with E-state index < -0.39 is 5.97 Å². The van der Waals surface area contributed by atoms with E-state index in [4.69, 9.17) is 19.4 Å². The molecule has 0 amide bonds. The van der Waals surface area contributed by atoms with Crippen LogP contribution in [0.4, 0.5) is 0 Å². The van der Waals surface area contributed by atoms with Gasteiger partial charge in [-0.15, -0.1) is 0 Å². The van der Waals surface area contributed by atoms with E-state index in [2.05, 4.69) is 13.8 Å². The van der Waals surface area contributed by atoms with Gasteiger partial charge in [0.25, 0.3) is 5.97 Å². The van der Waals surface area contributed by atoms with Gasteiger partial charge in [0, 0.05) is 6.92 Å². The van der Waals surface area contributed by atoms with Crippen molar-refractivity contribution in [2.24, 2.45) is 5.92 Å². The van der Waals surface area contributed by atoms with Crippen molar-refractivity contribution in [2.45, 2.75) is 74.8 Å². The quantitative estimate of drug-likeness (QED) is 0.615. The SMILES string of the molecule is CC(=O)O.C[C@@H]1C[C@@H](C)OC2(CCCC[C@H]2[CH2][Hg])O1. The number of carboxylic acid groups (broad SMARTS) is 1. The molecule has 4 nitrogen and oxygen atoms in total. The van der Waals surface area contributed by atoms with Gasteiger partial charge in [0.15, 0.2) is 0 Å². The second-order valence-corrected chi connectivity index (χ2v) is 7.90. The van der Waals surface area contributed by atoms with Gasteiger partial charge in [-0.1, -0.05) is 0 Å². The van der Waals surface area contributed by atoms with Crippen LogP contribution in [0.3, 0.4) is 0 Å². The zero-order valence-electron chi connectivity index (χ0n) is 12.4. The Morgan fingerprint density at radius 1 is 1.32 bits per heavy atom. The van der Waals surface area contributed by atoms with Crippen LogP contribution in [0, 0.1) is 5.92 Å². The van der Waals surface area contributed by atoms with Crippen LogP contribution in [-0.2, 0) is 40.4 Å². The maximum atomic E-state index is 9.00. The molecular formula is C14H25HgO4. The summed E-state index contributed by atoms with van der Waals surface area (Å²) < 4.78 is 13.8. The van der Waals surface area contributed by atoms with Crippen molar-refractivity contribution in [3.63, 3.8) is 0 Å². The first-order valence-electron chi connectivity index (χ1n) is 7.24. The summed E-state index contributed by atoms with van der Waals surface area (Å²) in [6.07, 6.45) is 6.93. The molecule has 1 spiro atoms. The fraction of sp³-hybridized carbons (Fsp3) is 0.929. The predicted molar refractivity (Wildman–Crippen MR) is 68.5 cm³/mol. The van der Waals surface area contributed by atoms with Crippen LogP contribution in [-0.4, -0.2) is 29.1 Å². The second-order valence-electron chi connectivity index (χ2n) is 5.65. The van der Waals surface area contributed by atoms with Crippen LogP contribution in [0.25, 0.3) is 0 Å². The first kappa shape index (κ1) is 17.4. The average Bonchev–Trinajstić information content (AvgIpc) is 2.27. The Morgan fingerprint density at radius 3 is 2.32 bits per heavy atom. The zero-order valence-corrected chi connectivity index (χ0v) is 17.9. The van der Waals surface area contributed by atoms with Crippen molar-refractivity contribution in [3.05, 3.63) is 0 Å². The molecule has 107 valence electrons. The van der Waals surface area contributed by atoms with Crippen molar-refractivity contribution in [2.75, 3.05) is 0 Å². The molecule has 0 unspecified atom stereocenters. The van der Waals surface area contributed by atoms with Crippen molar-refractivity contribution in [3.8, 4) is 0 Å². The molecule has 3 atom stereocenters. The van der Waals surface area contributed by atoms with Crippen molar-refractivity contribution < 1.29 is 45.5 Å². The molecule has 2 fully saturated rings. The summed E-state index contributed by atoms with van der Waals surface area (Å²) in [4.78, 5) is 9.00. The fourth-order valence-electron chi connectivity index (χ4n) is 3.13. The summed E-state index contributed by atoms with van der Waals surface area (Å²) in [5.74, 6) is -0.323. The number of hydrogen-bond acceptors (Lipinski definition) is 3. The maximum absolute atomic E-state index is 9.00. The standard InChI is InChI=1S/C12H21O2.C2H4O2.Hg/c1-9-6-4-5-7-12(9)13-10(2)8-11(3)14-12;1-2(3)4;/h9-11H,1,4-8H2,2-3H3;1H3,(H,3,4);/t9-,10-,11-;;/m1../s1. The fourth-order valence-corrected chi connectivity index (χ4v) is 5.97. The molecule has 0 bridgehead atoms. The Bertz CT molecular complexity index is 281. The minimum absolute atomic E-state index is 0.183. The molecule has 1 saturated carbocycles. The summed E-state index contributed by atoms with van der Waals surface area (Å²) >= 11 is 0.866. The monoisotopic (exact) mass is 459 g/mol. The van der Waals surface area contributed by atoms with Gasteiger partial charge >= 0.3 is 109 Å². The Morgan fingerprint density at radius 2 is 1.84 bits per heavy atom. The number of aliphatic carboxylic acids is 1. The first-order chi connectivity index (χ1) is 8.89. The number of carboxylic acids is 1. The van der Waals surface area contributed by atoms with E-state index in [1.54, 1.807) is 0 Å². The molecule has 1 aliphatic heterocycles. The topological polar surface area (TPSA) is 55.8 Å². The number of carbonyl (C=O) groups is 1. The van der Waals surface area contributed by atoms with Gasteiger partial charge in [0.05, 0.1) is 0 Å². The summed E-state index contributed by atoms with van der Waals surface area (Å²) in [6.45, 7) is 5.48. The van der Waals surface area contributed by atoms with Gasteiger partial charge in [-0.3, -0.25) is 4.79 Å². The molecule has 0 aromatic carbocycles.